The van der Waals surface area contributed by atoms with Crippen molar-refractivity contribution in [2.45, 2.75) is 38.3 Å². The molecule has 2 aliphatic rings. The van der Waals surface area contributed by atoms with Gasteiger partial charge in [0.1, 0.15) is 6.04 Å². The minimum absolute atomic E-state index is 0.0475. The number of benzene rings is 2. The van der Waals surface area contributed by atoms with Crippen molar-refractivity contribution in [1.82, 2.24) is 21.0 Å². The maximum Gasteiger partial charge on any atom is 0.242 e. The Kier molecular flexibility index (Phi) is 6.32. The van der Waals surface area contributed by atoms with Gasteiger partial charge in [-0.15, -0.1) is 10.2 Å². The number of piperidine rings is 1. The standard InChI is InChI=1S/C26H30N6O/c1-18-13-15-32(16-14-18)25-12-11-22(28-31-25)20-7-9-21(10-8-20)27-26(33)24-17-23(29-30-24)19-5-3-2-4-6-19/h2-12,18,23-24,29-30H,13-17H2,1H3,(H,27,33). The maximum atomic E-state index is 12.7. The van der Waals surface area contributed by atoms with Gasteiger partial charge in [-0.3, -0.25) is 4.79 Å². The van der Waals surface area contributed by atoms with E-state index in [4.69, 9.17) is 0 Å². The number of hydrogen-bond acceptors (Lipinski definition) is 6. The second kappa shape index (κ2) is 9.68. The molecule has 3 N–H and O–H groups in total. The van der Waals surface area contributed by atoms with Crippen molar-refractivity contribution >= 4 is 17.4 Å². The molecule has 2 fully saturated rings. The van der Waals surface area contributed by atoms with E-state index in [0.29, 0.717) is 6.42 Å². The number of anilines is 2. The Bertz CT molecular complexity index is 1060. The first-order valence-electron chi connectivity index (χ1n) is 11.7. The van der Waals surface area contributed by atoms with E-state index >= 15 is 0 Å². The lowest BCUT2D eigenvalue weighted by molar-refractivity contribution is -0.117. The number of nitrogens with zero attached hydrogens (tertiary/aromatic N) is 3. The summed E-state index contributed by atoms with van der Waals surface area (Å²) in [7, 11) is 0. The quantitative estimate of drug-likeness (QED) is 0.556. The minimum atomic E-state index is -0.286. The zero-order chi connectivity index (χ0) is 22.6. The fourth-order valence-electron chi connectivity index (χ4n) is 4.47. The molecule has 0 radical (unpaired) electrons. The van der Waals surface area contributed by atoms with Gasteiger partial charge in [-0.2, -0.15) is 0 Å². The molecule has 0 bridgehead atoms. The zero-order valence-electron chi connectivity index (χ0n) is 18.9. The van der Waals surface area contributed by atoms with Gasteiger partial charge in [-0.1, -0.05) is 49.4 Å². The average Bonchev–Trinajstić information content (AvgIpc) is 3.37. The highest BCUT2D eigenvalue weighted by atomic mass is 16.2. The Hall–Kier alpha value is -3.29. The highest BCUT2D eigenvalue weighted by Crippen LogP contribution is 2.25. The van der Waals surface area contributed by atoms with Crippen LogP contribution in [0.1, 0.15) is 37.8 Å². The summed E-state index contributed by atoms with van der Waals surface area (Å²) in [6.45, 7) is 4.39. The smallest absolute Gasteiger partial charge is 0.242 e. The van der Waals surface area contributed by atoms with Crippen LogP contribution < -0.4 is 21.1 Å². The van der Waals surface area contributed by atoms with Crippen molar-refractivity contribution < 1.29 is 4.79 Å². The molecule has 3 heterocycles. The maximum absolute atomic E-state index is 12.7. The third-order valence-corrected chi connectivity index (χ3v) is 6.63. The number of amides is 1. The second-order valence-electron chi connectivity index (χ2n) is 9.05. The van der Waals surface area contributed by atoms with Gasteiger partial charge in [0.15, 0.2) is 5.82 Å². The van der Waals surface area contributed by atoms with E-state index in [-0.39, 0.29) is 18.0 Å². The summed E-state index contributed by atoms with van der Waals surface area (Å²) in [6.07, 6.45) is 3.11. The largest absolute Gasteiger partial charge is 0.355 e. The summed E-state index contributed by atoms with van der Waals surface area (Å²) >= 11 is 0. The minimum Gasteiger partial charge on any atom is -0.355 e. The van der Waals surface area contributed by atoms with Crippen molar-refractivity contribution in [3.63, 3.8) is 0 Å². The molecule has 1 aromatic heterocycles. The van der Waals surface area contributed by atoms with Crippen molar-refractivity contribution in [2.24, 2.45) is 5.92 Å². The van der Waals surface area contributed by atoms with Gasteiger partial charge in [0.05, 0.1) is 5.69 Å². The molecule has 170 valence electrons. The van der Waals surface area contributed by atoms with E-state index < -0.39 is 0 Å². The lowest BCUT2D eigenvalue weighted by atomic mass is 9.99. The fourth-order valence-corrected chi connectivity index (χ4v) is 4.47. The number of nitrogens with one attached hydrogen (secondary N) is 3. The Morgan fingerprint density at radius 3 is 2.39 bits per heavy atom. The first-order valence-corrected chi connectivity index (χ1v) is 11.7. The van der Waals surface area contributed by atoms with Crippen molar-refractivity contribution in [3.8, 4) is 11.3 Å². The number of hydrogen-bond donors (Lipinski definition) is 3. The molecular formula is C26H30N6O. The normalized spacial score (nSPS) is 21.2. The van der Waals surface area contributed by atoms with E-state index in [9.17, 15) is 4.79 Å². The number of aromatic nitrogens is 2. The van der Waals surface area contributed by atoms with Crippen LogP contribution in [0.4, 0.5) is 11.5 Å². The third-order valence-electron chi connectivity index (χ3n) is 6.63. The molecule has 3 aromatic rings. The van der Waals surface area contributed by atoms with Crippen molar-refractivity contribution in [1.29, 1.82) is 0 Å². The van der Waals surface area contributed by atoms with Crippen LogP contribution >= 0.6 is 0 Å². The molecule has 2 atom stereocenters. The SMILES string of the molecule is CC1CCN(c2ccc(-c3ccc(NC(=O)C4CC(c5ccccc5)NN4)cc3)nn2)CC1. The lowest BCUT2D eigenvalue weighted by Gasteiger charge is -2.30. The molecule has 0 spiro atoms. The number of carbonyl (C=O) groups excluding carboxylic acids is 1. The second-order valence-corrected chi connectivity index (χ2v) is 9.05. The topological polar surface area (TPSA) is 82.2 Å². The summed E-state index contributed by atoms with van der Waals surface area (Å²) in [6, 6.07) is 21.8. The number of hydrazine groups is 1. The Labute approximate surface area is 194 Å². The molecule has 2 aliphatic heterocycles. The summed E-state index contributed by atoms with van der Waals surface area (Å²) in [5, 5.41) is 11.9. The molecular weight excluding hydrogens is 412 g/mol. The van der Waals surface area contributed by atoms with Gasteiger partial charge in [0, 0.05) is 30.4 Å². The summed E-state index contributed by atoms with van der Waals surface area (Å²) in [5.74, 6) is 1.69. The highest BCUT2D eigenvalue weighted by molar-refractivity contribution is 5.95. The molecule has 7 heteroatoms. The van der Waals surface area contributed by atoms with E-state index in [1.807, 2.05) is 48.5 Å². The molecule has 7 nitrogen and oxygen atoms in total. The van der Waals surface area contributed by atoms with Crippen LogP contribution in [0.5, 0.6) is 0 Å². The van der Waals surface area contributed by atoms with Gasteiger partial charge in [-0.05, 0) is 55.0 Å². The molecule has 0 saturated carbocycles. The molecule has 2 saturated heterocycles. The van der Waals surface area contributed by atoms with Crippen LogP contribution in [0.15, 0.2) is 66.7 Å². The Morgan fingerprint density at radius 1 is 0.939 bits per heavy atom. The average molecular weight is 443 g/mol. The summed E-state index contributed by atoms with van der Waals surface area (Å²) in [4.78, 5) is 15.0. The lowest BCUT2D eigenvalue weighted by Crippen LogP contribution is -2.39. The molecule has 33 heavy (non-hydrogen) atoms. The number of rotatable bonds is 5. The fraction of sp³-hybridized carbons (Fsp3) is 0.346. The number of carbonyl (C=O) groups is 1. The van der Waals surface area contributed by atoms with Crippen molar-refractivity contribution in [3.05, 3.63) is 72.3 Å². The van der Waals surface area contributed by atoms with Gasteiger partial charge < -0.3 is 10.2 Å². The van der Waals surface area contributed by atoms with Gasteiger partial charge in [0.2, 0.25) is 5.91 Å². The van der Waals surface area contributed by atoms with Crippen LogP contribution in [0.3, 0.4) is 0 Å². The third kappa shape index (κ3) is 5.05. The van der Waals surface area contributed by atoms with E-state index in [1.165, 1.54) is 18.4 Å². The first kappa shape index (κ1) is 21.6. The molecule has 5 rings (SSSR count). The summed E-state index contributed by atoms with van der Waals surface area (Å²) in [5.41, 5.74) is 10.1. The van der Waals surface area contributed by atoms with Crippen LogP contribution in [0, 0.1) is 5.92 Å². The molecule has 2 unspecified atom stereocenters. The van der Waals surface area contributed by atoms with Gasteiger partial charge >= 0.3 is 0 Å². The highest BCUT2D eigenvalue weighted by Gasteiger charge is 2.30. The Balaban J connectivity index is 1.17. The van der Waals surface area contributed by atoms with E-state index in [2.05, 4.69) is 56.4 Å². The predicted octanol–water partition coefficient (Wildman–Crippen LogP) is 3.93. The molecule has 0 aliphatic carbocycles. The van der Waals surface area contributed by atoms with Crippen LogP contribution in [0.25, 0.3) is 11.3 Å². The van der Waals surface area contributed by atoms with Crippen LogP contribution in [-0.4, -0.2) is 35.2 Å². The van der Waals surface area contributed by atoms with Gasteiger partial charge in [-0.25, -0.2) is 10.9 Å². The Morgan fingerprint density at radius 2 is 1.70 bits per heavy atom. The monoisotopic (exact) mass is 442 g/mol. The predicted molar refractivity (Wildman–Crippen MR) is 131 cm³/mol. The first-order chi connectivity index (χ1) is 16.2. The van der Waals surface area contributed by atoms with Crippen LogP contribution in [0.2, 0.25) is 0 Å². The summed E-state index contributed by atoms with van der Waals surface area (Å²) < 4.78 is 0. The molecule has 1 amide bonds. The van der Waals surface area contributed by atoms with Gasteiger partial charge in [0.25, 0.3) is 0 Å². The van der Waals surface area contributed by atoms with E-state index in [1.54, 1.807) is 0 Å². The zero-order valence-corrected chi connectivity index (χ0v) is 18.9. The van der Waals surface area contributed by atoms with Crippen molar-refractivity contribution in [2.75, 3.05) is 23.3 Å². The van der Waals surface area contributed by atoms with E-state index in [0.717, 1.165) is 41.8 Å². The molecule has 2 aromatic carbocycles. The van der Waals surface area contributed by atoms with Crippen LogP contribution in [-0.2, 0) is 4.79 Å².